The van der Waals surface area contributed by atoms with Crippen molar-refractivity contribution in [3.8, 4) is 5.75 Å². The van der Waals surface area contributed by atoms with E-state index in [1.54, 1.807) is 24.3 Å². The molecule has 0 fully saturated rings. The molecule has 0 bridgehead atoms. The maximum Gasteiger partial charge on any atom is 0.115 e. The van der Waals surface area contributed by atoms with Gasteiger partial charge >= 0.3 is 0 Å². The molecule has 2 rings (SSSR count). The highest BCUT2D eigenvalue weighted by Crippen LogP contribution is 2.13. The SMILES string of the molecule is CC[N+](CC)(CC)Cc1ccccc1.Oc1ccccc1.[Cl-]. The molecule has 2 aromatic carbocycles. The molecule has 1 N–H and O–H groups in total. The number of para-hydroxylation sites is 1. The molecule has 0 aliphatic rings. The largest absolute Gasteiger partial charge is 1.00 e. The van der Waals surface area contributed by atoms with Crippen molar-refractivity contribution in [1.29, 1.82) is 0 Å². The van der Waals surface area contributed by atoms with Gasteiger partial charge in [-0.15, -0.1) is 0 Å². The maximum atomic E-state index is 8.63. The zero-order valence-corrected chi connectivity index (χ0v) is 14.6. The molecule has 0 aromatic heterocycles. The van der Waals surface area contributed by atoms with E-state index in [2.05, 4.69) is 51.1 Å². The van der Waals surface area contributed by atoms with E-state index in [9.17, 15) is 0 Å². The lowest BCUT2D eigenvalue weighted by molar-refractivity contribution is -0.936. The van der Waals surface area contributed by atoms with Crippen LogP contribution >= 0.6 is 0 Å². The van der Waals surface area contributed by atoms with E-state index in [0.29, 0.717) is 5.75 Å². The number of benzene rings is 2. The number of nitrogens with zero attached hydrogens (tertiary/aromatic N) is 1. The average molecular weight is 322 g/mol. The molecule has 0 aliphatic carbocycles. The van der Waals surface area contributed by atoms with E-state index < -0.39 is 0 Å². The van der Waals surface area contributed by atoms with Gasteiger partial charge in [0, 0.05) is 5.56 Å². The molecule has 0 atom stereocenters. The number of hydrogen-bond acceptors (Lipinski definition) is 1. The second-order valence-corrected chi connectivity index (χ2v) is 5.27. The van der Waals surface area contributed by atoms with E-state index in [4.69, 9.17) is 5.11 Å². The highest BCUT2D eigenvalue weighted by atomic mass is 35.5. The molecule has 3 heteroatoms. The Balaban J connectivity index is 0.000000465. The molecule has 0 saturated heterocycles. The van der Waals surface area contributed by atoms with Crippen LogP contribution in [0.5, 0.6) is 5.75 Å². The summed E-state index contributed by atoms with van der Waals surface area (Å²) < 4.78 is 1.20. The minimum Gasteiger partial charge on any atom is -1.00 e. The van der Waals surface area contributed by atoms with Gasteiger partial charge in [-0.05, 0) is 32.9 Å². The Labute approximate surface area is 141 Å². The van der Waals surface area contributed by atoms with Gasteiger partial charge in [0.15, 0.2) is 0 Å². The molecule has 122 valence electrons. The van der Waals surface area contributed by atoms with Crippen molar-refractivity contribution >= 4 is 0 Å². The van der Waals surface area contributed by atoms with Crippen LogP contribution in [0.1, 0.15) is 26.3 Å². The zero-order valence-electron chi connectivity index (χ0n) is 13.9. The predicted octanol–water partition coefficient (Wildman–Crippen LogP) is 1.46. The Morgan fingerprint density at radius 1 is 0.727 bits per heavy atom. The van der Waals surface area contributed by atoms with Crippen LogP contribution in [0.2, 0.25) is 0 Å². The number of hydrogen-bond donors (Lipinski definition) is 1. The number of phenols is 1. The van der Waals surface area contributed by atoms with Crippen LogP contribution in [0.4, 0.5) is 0 Å². The Bertz CT molecular complexity index is 475. The topological polar surface area (TPSA) is 20.2 Å². The van der Waals surface area contributed by atoms with E-state index in [0.717, 1.165) is 0 Å². The molecule has 0 unspecified atom stereocenters. The third-order valence-corrected chi connectivity index (χ3v) is 4.13. The van der Waals surface area contributed by atoms with Gasteiger partial charge in [0.05, 0.1) is 19.6 Å². The molecule has 0 spiro atoms. The molecular formula is C19H28ClNO. The zero-order chi connectivity index (χ0) is 15.6. The summed E-state index contributed by atoms with van der Waals surface area (Å²) in [6.45, 7) is 11.7. The van der Waals surface area contributed by atoms with Gasteiger partial charge < -0.3 is 22.0 Å². The molecule has 0 aliphatic heterocycles. The fourth-order valence-electron chi connectivity index (χ4n) is 2.40. The first-order valence-corrected chi connectivity index (χ1v) is 7.78. The molecule has 2 nitrogen and oxygen atoms in total. The fraction of sp³-hybridized carbons (Fsp3) is 0.368. The van der Waals surface area contributed by atoms with E-state index >= 15 is 0 Å². The molecule has 0 heterocycles. The van der Waals surface area contributed by atoms with Crippen LogP contribution in [0, 0.1) is 0 Å². The number of quaternary nitrogens is 1. The summed E-state index contributed by atoms with van der Waals surface area (Å²) in [4.78, 5) is 0. The Hall–Kier alpha value is -1.51. The number of phenolic OH excluding ortho intramolecular Hbond substituents is 1. The predicted molar refractivity (Wildman–Crippen MR) is 90.1 cm³/mol. The monoisotopic (exact) mass is 321 g/mol. The van der Waals surface area contributed by atoms with Crippen molar-refractivity contribution < 1.29 is 22.0 Å². The second-order valence-electron chi connectivity index (χ2n) is 5.27. The van der Waals surface area contributed by atoms with Crippen molar-refractivity contribution in [1.82, 2.24) is 0 Å². The normalized spacial score (nSPS) is 10.1. The van der Waals surface area contributed by atoms with E-state index in [1.807, 2.05) is 6.07 Å². The number of halogens is 1. The van der Waals surface area contributed by atoms with Gasteiger partial charge in [-0.25, -0.2) is 0 Å². The van der Waals surface area contributed by atoms with Crippen LogP contribution < -0.4 is 12.4 Å². The van der Waals surface area contributed by atoms with Gasteiger partial charge in [-0.1, -0.05) is 48.5 Å². The molecule has 0 radical (unpaired) electrons. The average Bonchev–Trinajstić information content (AvgIpc) is 2.55. The summed E-state index contributed by atoms with van der Waals surface area (Å²) in [5, 5.41) is 8.63. The summed E-state index contributed by atoms with van der Waals surface area (Å²) in [5.74, 6) is 0.322. The highest BCUT2D eigenvalue weighted by molar-refractivity contribution is 5.18. The Morgan fingerprint density at radius 3 is 1.45 bits per heavy atom. The molecule has 0 amide bonds. The first-order valence-electron chi connectivity index (χ1n) is 7.78. The first kappa shape index (κ1) is 20.5. The van der Waals surface area contributed by atoms with Crippen molar-refractivity contribution in [3.63, 3.8) is 0 Å². The highest BCUT2D eigenvalue weighted by Gasteiger charge is 2.20. The summed E-state index contributed by atoms with van der Waals surface area (Å²) in [6.07, 6.45) is 0. The standard InChI is InChI=1S/C13H22N.C6H6O.ClH/c1-4-14(5-2,6-3)12-13-10-8-7-9-11-13;7-6-4-2-1-3-5-6;/h7-11H,4-6,12H2,1-3H3;1-5,7H;1H/q+1;;/p-1. The van der Waals surface area contributed by atoms with E-state index in [-0.39, 0.29) is 12.4 Å². The molecule has 0 saturated carbocycles. The van der Waals surface area contributed by atoms with Gasteiger partial charge in [0.1, 0.15) is 12.3 Å². The van der Waals surface area contributed by atoms with Crippen LogP contribution in [0.15, 0.2) is 60.7 Å². The molecule has 22 heavy (non-hydrogen) atoms. The van der Waals surface area contributed by atoms with E-state index in [1.165, 1.54) is 36.2 Å². The second kappa shape index (κ2) is 11.1. The van der Waals surface area contributed by atoms with Crippen molar-refractivity contribution in [2.45, 2.75) is 27.3 Å². The van der Waals surface area contributed by atoms with Gasteiger partial charge in [-0.2, -0.15) is 0 Å². The van der Waals surface area contributed by atoms with Crippen LogP contribution in [-0.2, 0) is 6.54 Å². The Kier molecular flexibility index (Phi) is 10.3. The summed E-state index contributed by atoms with van der Waals surface area (Å²) >= 11 is 0. The quantitative estimate of drug-likeness (QED) is 0.827. The van der Waals surface area contributed by atoms with Crippen molar-refractivity contribution in [2.24, 2.45) is 0 Å². The maximum absolute atomic E-state index is 8.63. The van der Waals surface area contributed by atoms with Gasteiger partial charge in [-0.3, -0.25) is 0 Å². The molecular weight excluding hydrogens is 294 g/mol. The third kappa shape index (κ3) is 6.97. The number of aromatic hydroxyl groups is 1. The summed E-state index contributed by atoms with van der Waals surface area (Å²) in [6, 6.07) is 19.5. The lowest BCUT2D eigenvalue weighted by Gasteiger charge is -2.35. The van der Waals surface area contributed by atoms with Gasteiger partial charge in [0.25, 0.3) is 0 Å². The van der Waals surface area contributed by atoms with Gasteiger partial charge in [0.2, 0.25) is 0 Å². The summed E-state index contributed by atoms with van der Waals surface area (Å²) in [7, 11) is 0. The third-order valence-electron chi connectivity index (χ3n) is 4.13. The smallest absolute Gasteiger partial charge is 0.115 e. The lowest BCUT2D eigenvalue weighted by Crippen LogP contribution is -3.00. The summed E-state index contributed by atoms with van der Waals surface area (Å²) in [5.41, 5.74) is 1.46. The first-order chi connectivity index (χ1) is 10.2. The minimum absolute atomic E-state index is 0. The fourth-order valence-corrected chi connectivity index (χ4v) is 2.40. The Morgan fingerprint density at radius 2 is 1.14 bits per heavy atom. The number of rotatable bonds is 5. The minimum atomic E-state index is 0. The lowest BCUT2D eigenvalue weighted by atomic mass is 10.2. The molecule has 2 aromatic rings. The van der Waals surface area contributed by atoms with Crippen molar-refractivity contribution in [3.05, 3.63) is 66.2 Å². The van der Waals surface area contributed by atoms with Crippen molar-refractivity contribution in [2.75, 3.05) is 19.6 Å². The van der Waals surface area contributed by atoms with Crippen LogP contribution in [0.25, 0.3) is 0 Å². The van der Waals surface area contributed by atoms with Crippen LogP contribution in [0.3, 0.4) is 0 Å². The van der Waals surface area contributed by atoms with Crippen LogP contribution in [-0.4, -0.2) is 29.2 Å².